The summed E-state index contributed by atoms with van der Waals surface area (Å²) < 4.78 is 17.4. The molecule has 2 unspecified atom stereocenters. The summed E-state index contributed by atoms with van der Waals surface area (Å²) >= 11 is 0. The van der Waals surface area contributed by atoms with Crippen LogP contribution in [-0.2, 0) is 26.9 Å². The molecule has 110 valence electrons. The summed E-state index contributed by atoms with van der Waals surface area (Å²) in [5, 5.41) is 0.291. The molecule has 0 spiro atoms. The van der Waals surface area contributed by atoms with Gasteiger partial charge in [0.2, 0.25) is 0 Å². The van der Waals surface area contributed by atoms with E-state index in [-0.39, 0.29) is 11.9 Å². The standard InChI is InChI=1S/C16H22O3S/c1-13(12-20(18)15-9-5-6-10-15)16(17)19-11-14-7-3-2-4-8-14/h2-4,7-8,13,15H,5-6,9-12H2,1H3. The summed E-state index contributed by atoms with van der Waals surface area (Å²) in [5.41, 5.74) is 0.977. The molecule has 1 aromatic carbocycles. The number of ether oxygens (including phenoxy) is 1. The number of carbonyl (C=O) groups is 1. The van der Waals surface area contributed by atoms with Gasteiger partial charge < -0.3 is 4.74 Å². The van der Waals surface area contributed by atoms with Gasteiger partial charge in [-0.15, -0.1) is 0 Å². The molecule has 0 heterocycles. The first-order valence-electron chi connectivity index (χ1n) is 7.24. The van der Waals surface area contributed by atoms with E-state index >= 15 is 0 Å². The molecule has 0 aromatic heterocycles. The van der Waals surface area contributed by atoms with Gasteiger partial charge in [-0.1, -0.05) is 50.1 Å². The minimum atomic E-state index is -0.895. The Morgan fingerprint density at radius 1 is 1.30 bits per heavy atom. The van der Waals surface area contributed by atoms with Crippen molar-refractivity contribution >= 4 is 16.8 Å². The predicted molar refractivity (Wildman–Crippen MR) is 80.7 cm³/mol. The van der Waals surface area contributed by atoms with E-state index < -0.39 is 10.8 Å². The van der Waals surface area contributed by atoms with Crippen molar-refractivity contribution in [3.8, 4) is 0 Å². The normalized spacial score (nSPS) is 18.6. The van der Waals surface area contributed by atoms with Crippen LogP contribution < -0.4 is 0 Å². The fourth-order valence-corrected chi connectivity index (χ4v) is 4.23. The lowest BCUT2D eigenvalue weighted by molar-refractivity contribution is -0.148. The number of carbonyl (C=O) groups excluding carboxylic acids is 1. The fraction of sp³-hybridized carbons (Fsp3) is 0.562. The lowest BCUT2D eigenvalue weighted by atomic mass is 10.2. The van der Waals surface area contributed by atoms with E-state index in [9.17, 15) is 9.00 Å². The van der Waals surface area contributed by atoms with Gasteiger partial charge in [-0.3, -0.25) is 9.00 Å². The summed E-state index contributed by atoms with van der Waals surface area (Å²) in [7, 11) is -0.895. The third-order valence-corrected chi connectivity index (χ3v) is 5.76. The third-order valence-electron chi connectivity index (χ3n) is 3.71. The van der Waals surface area contributed by atoms with E-state index in [1.807, 2.05) is 30.3 Å². The Labute approximate surface area is 123 Å². The highest BCUT2D eigenvalue weighted by molar-refractivity contribution is 7.85. The number of hydrogen-bond acceptors (Lipinski definition) is 3. The predicted octanol–water partition coefficient (Wildman–Crippen LogP) is 3.06. The van der Waals surface area contributed by atoms with Gasteiger partial charge in [-0.05, 0) is 18.4 Å². The lowest BCUT2D eigenvalue weighted by Crippen LogP contribution is -2.24. The highest BCUT2D eigenvalue weighted by Crippen LogP contribution is 2.24. The molecule has 0 saturated heterocycles. The van der Waals surface area contributed by atoms with Crippen molar-refractivity contribution in [1.29, 1.82) is 0 Å². The van der Waals surface area contributed by atoms with Crippen LogP contribution in [0.1, 0.15) is 38.2 Å². The van der Waals surface area contributed by atoms with Crippen LogP contribution >= 0.6 is 0 Å². The first-order chi connectivity index (χ1) is 9.66. The quantitative estimate of drug-likeness (QED) is 0.757. The summed E-state index contributed by atoms with van der Waals surface area (Å²) in [6, 6.07) is 9.62. The molecule has 2 atom stereocenters. The SMILES string of the molecule is CC(CS(=O)C1CCCC1)C(=O)OCc1ccccc1. The number of esters is 1. The van der Waals surface area contributed by atoms with Crippen LogP contribution in [0.15, 0.2) is 30.3 Å². The first-order valence-corrected chi connectivity index (χ1v) is 8.63. The molecule has 3 nitrogen and oxygen atoms in total. The average Bonchev–Trinajstić information content (AvgIpc) is 3.00. The lowest BCUT2D eigenvalue weighted by Gasteiger charge is -2.14. The van der Waals surface area contributed by atoms with E-state index in [1.54, 1.807) is 6.92 Å². The maximum atomic E-state index is 12.1. The fourth-order valence-electron chi connectivity index (χ4n) is 2.47. The highest BCUT2D eigenvalue weighted by atomic mass is 32.2. The van der Waals surface area contributed by atoms with Gasteiger partial charge in [0, 0.05) is 21.8 Å². The molecule has 1 aliphatic carbocycles. The van der Waals surface area contributed by atoms with Crippen molar-refractivity contribution in [3.05, 3.63) is 35.9 Å². The molecule has 1 aromatic rings. The summed E-state index contributed by atoms with van der Waals surface area (Å²) in [6.07, 6.45) is 4.42. The van der Waals surface area contributed by atoms with Crippen molar-refractivity contribution in [3.63, 3.8) is 0 Å². The summed E-state index contributed by atoms with van der Waals surface area (Å²) in [6.45, 7) is 2.10. The molecule has 1 aliphatic rings. The summed E-state index contributed by atoms with van der Waals surface area (Å²) in [5.74, 6) is -0.112. The van der Waals surface area contributed by atoms with Gasteiger partial charge in [0.25, 0.3) is 0 Å². The Hall–Kier alpha value is -1.16. The zero-order valence-corrected chi connectivity index (χ0v) is 12.7. The van der Waals surface area contributed by atoms with Gasteiger partial charge >= 0.3 is 5.97 Å². The molecule has 0 N–H and O–H groups in total. The second-order valence-electron chi connectivity index (χ2n) is 5.45. The van der Waals surface area contributed by atoms with Crippen molar-refractivity contribution in [2.45, 2.75) is 44.5 Å². The van der Waals surface area contributed by atoms with Gasteiger partial charge in [-0.2, -0.15) is 0 Å². The molecule has 4 heteroatoms. The molecule has 0 aliphatic heterocycles. The Morgan fingerprint density at radius 3 is 2.60 bits per heavy atom. The Balaban J connectivity index is 1.75. The van der Waals surface area contributed by atoms with Crippen LogP contribution in [0.4, 0.5) is 0 Å². The minimum Gasteiger partial charge on any atom is -0.461 e. The van der Waals surface area contributed by atoms with E-state index in [4.69, 9.17) is 4.74 Å². The monoisotopic (exact) mass is 294 g/mol. The van der Waals surface area contributed by atoms with Crippen LogP contribution in [0.3, 0.4) is 0 Å². The third kappa shape index (κ3) is 4.44. The van der Waals surface area contributed by atoms with Crippen LogP contribution in [0.25, 0.3) is 0 Å². The van der Waals surface area contributed by atoms with Crippen LogP contribution in [0, 0.1) is 5.92 Å². The van der Waals surface area contributed by atoms with Gasteiger partial charge in [0.05, 0.1) is 5.92 Å². The van der Waals surface area contributed by atoms with Gasteiger partial charge in [0.1, 0.15) is 6.61 Å². The number of hydrogen-bond donors (Lipinski definition) is 0. The molecule has 2 rings (SSSR count). The molecule has 0 radical (unpaired) electrons. The van der Waals surface area contributed by atoms with Gasteiger partial charge in [0.15, 0.2) is 0 Å². The Kier molecular flexibility index (Phi) is 5.77. The maximum Gasteiger partial charge on any atom is 0.309 e. The van der Waals surface area contributed by atoms with Gasteiger partial charge in [-0.25, -0.2) is 0 Å². The summed E-state index contributed by atoms with van der Waals surface area (Å²) in [4.78, 5) is 11.9. The topological polar surface area (TPSA) is 43.4 Å². The van der Waals surface area contributed by atoms with Crippen molar-refractivity contribution in [2.75, 3.05) is 5.75 Å². The van der Waals surface area contributed by atoms with Crippen LogP contribution in [0.5, 0.6) is 0 Å². The number of benzene rings is 1. The molecule has 20 heavy (non-hydrogen) atoms. The highest BCUT2D eigenvalue weighted by Gasteiger charge is 2.25. The average molecular weight is 294 g/mol. The van der Waals surface area contributed by atoms with Crippen LogP contribution in [0.2, 0.25) is 0 Å². The first kappa shape index (κ1) is 15.2. The largest absolute Gasteiger partial charge is 0.461 e. The Morgan fingerprint density at radius 2 is 1.95 bits per heavy atom. The van der Waals surface area contributed by atoms with Crippen molar-refractivity contribution < 1.29 is 13.7 Å². The van der Waals surface area contributed by atoms with E-state index in [0.29, 0.717) is 17.6 Å². The van der Waals surface area contributed by atoms with Crippen molar-refractivity contribution in [2.24, 2.45) is 5.92 Å². The maximum absolute atomic E-state index is 12.1. The zero-order chi connectivity index (χ0) is 14.4. The molecular weight excluding hydrogens is 272 g/mol. The molecule has 0 bridgehead atoms. The second kappa shape index (κ2) is 7.58. The molecule has 1 fully saturated rings. The smallest absolute Gasteiger partial charge is 0.309 e. The van der Waals surface area contributed by atoms with E-state index in [2.05, 4.69) is 0 Å². The molecule has 1 saturated carbocycles. The number of rotatable bonds is 6. The minimum absolute atomic E-state index is 0.250. The van der Waals surface area contributed by atoms with E-state index in [1.165, 1.54) is 12.8 Å². The van der Waals surface area contributed by atoms with Crippen LogP contribution in [-0.4, -0.2) is 21.2 Å². The second-order valence-corrected chi connectivity index (χ2v) is 7.21. The van der Waals surface area contributed by atoms with Crippen molar-refractivity contribution in [1.82, 2.24) is 0 Å². The zero-order valence-electron chi connectivity index (χ0n) is 11.9. The molecular formula is C16H22O3S. The van der Waals surface area contributed by atoms with E-state index in [0.717, 1.165) is 18.4 Å². The molecule has 0 amide bonds. The Bertz CT molecular complexity index is 452.